The maximum Gasteiger partial charge on any atom is 0.306 e. The third-order valence-electron chi connectivity index (χ3n) is 2.24. The van der Waals surface area contributed by atoms with Crippen LogP contribution >= 0.6 is 0 Å². The van der Waals surface area contributed by atoms with Crippen LogP contribution in [0.25, 0.3) is 0 Å². The fourth-order valence-electron chi connectivity index (χ4n) is 1.60. The summed E-state index contributed by atoms with van der Waals surface area (Å²) in [6.07, 6.45) is 0.0497. The lowest BCUT2D eigenvalue weighted by Gasteiger charge is -2.15. The quantitative estimate of drug-likeness (QED) is 0.636. The number of rotatable bonds is 4. The molecule has 1 fully saturated rings. The summed E-state index contributed by atoms with van der Waals surface area (Å²) in [5.74, 6) is -0.904. The lowest BCUT2D eigenvalue weighted by Crippen LogP contribution is -2.25. The highest BCUT2D eigenvalue weighted by molar-refractivity contribution is 5.78. The van der Waals surface area contributed by atoms with Gasteiger partial charge in [-0.1, -0.05) is 0 Å². The minimum Gasteiger partial charge on any atom is -0.462 e. The van der Waals surface area contributed by atoms with Crippen molar-refractivity contribution in [2.75, 3.05) is 6.61 Å². The molecule has 1 aliphatic heterocycles. The third-order valence-corrected chi connectivity index (χ3v) is 2.24. The van der Waals surface area contributed by atoms with Crippen LogP contribution in [0.1, 0.15) is 26.7 Å². The van der Waals surface area contributed by atoms with E-state index in [2.05, 4.69) is 0 Å². The van der Waals surface area contributed by atoms with Crippen LogP contribution in [0.3, 0.4) is 0 Å². The molecule has 0 amide bonds. The third kappa shape index (κ3) is 3.69. The zero-order valence-corrected chi connectivity index (χ0v) is 8.82. The van der Waals surface area contributed by atoms with Gasteiger partial charge in [-0.3, -0.25) is 9.59 Å². The minimum absolute atomic E-state index is 0.00567. The molecule has 0 bridgehead atoms. The van der Waals surface area contributed by atoms with E-state index in [1.54, 1.807) is 0 Å². The number of cyclic esters (lactones) is 1. The first-order chi connectivity index (χ1) is 6.99. The van der Waals surface area contributed by atoms with E-state index >= 15 is 0 Å². The molecule has 0 aromatic rings. The summed E-state index contributed by atoms with van der Waals surface area (Å²) in [5.41, 5.74) is 0. The molecule has 0 N–H and O–H groups in total. The van der Waals surface area contributed by atoms with E-state index in [0.29, 0.717) is 0 Å². The summed E-state index contributed by atoms with van der Waals surface area (Å²) in [4.78, 5) is 32.5. The van der Waals surface area contributed by atoms with Crippen LogP contribution in [0.15, 0.2) is 0 Å². The van der Waals surface area contributed by atoms with Crippen LogP contribution in [-0.2, 0) is 23.9 Å². The van der Waals surface area contributed by atoms with Gasteiger partial charge < -0.3 is 14.3 Å². The number of hydrogen-bond donors (Lipinski definition) is 0. The van der Waals surface area contributed by atoms with Crippen LogP contribution in [0, 0.1) is 5.92 Å². The van der Waals surface area contributed by atoms with Gasteiger partial charge in [0.15, 0.2) is 0 Å². The van der Waals surface area contributed by atoms with Crippen molar-refractivity contribution in [1.29, 1.82) is 0 Å². The molecule has 0 aromatic carbocycles. The molecule has 5 heteroatoms. The Bertz CT molecular complexity index is 284. The second-order valence-electron chi connectivity index (χ2n) is 3.70. The molecule has 5 nitrogen and oxygen atoms in total. The Kier molecular flexibility index (Phi) is 3.82. The van der Waals surface area contributed by atoms with E-state index in [4.69, 9.17) is 9.47 Å². The van der Waals surface area contributed by atoms with Crippen LogP contribution < -0.4 is 0 Å². The Morgan fingerprint density at radius 1 is 1.47 bits per heavy atom. The van der Waals surface area contributed by atoms with Gasteiger partial charge in [-0.05, 0) is 6.92 Å². The highest BCUT2D eigenvalue weighted by Crippen LogP contribution is 2.25. The number of Topliss-reactive ketones (excluding diaryl/α,β-unsaturated/α-hetero) is 1. The summed E-state index contributed by atoms with van der Waals surface area (Å²) in [6, 6.07) is 0. The smallest absolute Gasteiger partial charge is 0.306 e. The maximum atomic E-state index is 11.0. The van der Waals surface area contributed by atoms with Gasteiger partial charge in [0, 0.05) is 19.3 Å². The van der Waals surface area contributed by atoms with E-state index in [1.807, 2.05) is 0 Å². The Hall–Kier alpha value is -1.39. The van der Waals surface area contributed by atoms with Gasteiger partial charge >= 0.3 is 11.9 Å². The average Bonchev–Trinajstić information content (AvgIpc) is 2.41. The second-order valence-corrected chi connectivity index (χ2v) is 3.70. The first-order valence-electron chi connectivity index (χ1n) is 4.81. The first kappa shape index (κ1) is 11.7. The van der Waals surface area contributed by atoms with Crippen molar-refractivity contribution >= 4 is 17.7 Å². The Morgan fingerprint density at radius 2 is 2.13 bits per heavy atom. The lowest BCUT2D eigenvalue weighted by atomic mass is 9.96. The summed E-state index contributed by atoms with van der Waals surface area (Å²) in [7, 11) is 0. The molecular weight excluding hydrogens is 200 g/mol. The van der Waals surface area contributed by atoms with Crippen molar-refractivity contribution in [3.05, 3.63) is 0 Å². The first-order valence-corrected chi connectivity index (χ1v) is 4.81. The highest BCUT2D eigenvalue weighted by atomic mass is 16.6. The van der Waals surface area contributed by atoms with Crippen LogP contribution in [0.2, 0.25) is 0 Å². The zero-order chi connectivity index (χ0) is 11.4. The Balaban J connectivity index is 2.48. The largest absolute Gasteiger partial charge is 0.462 e. The molecule has 1 heterocycles. The van der Waals surface area contributed by atoms with Crippen LogP contribution in [0.5, 0.6) is 0 Å². The molecule has 15 heavy (non-hydrogen) atoms. The highest BCUT2D eigenvalue weighted by Gasteiger charge is 2.36. The molecule has 0 aromatic heterocycles. The predicted molar refractivity (Wildman–Crippen MR) is 49.9 cm³/mol. The Labute approximate surface area is 87.7 Å². The second kappa shape index (κ2) is 4.91. The van der Waals surface area contributed by atoms with Gasteiger partial charge in [-0.15, -0.1) is 0 Å². The molecule has 1 rings (SSSR count). The van der Waals surface area contributed by atoms with Gasteiger partial charge in [0.05, 0.1) is 6.42 Å². The van der Waals surface area contributed by atoms with E-state index in [0.717, 1.165) is 0 Å². The molecular formula is C10H14O5. The number of carbonyl (C=O) groups excluding carboxylic acids is 3. The van der Waals surface area contributed by atoms with Crippen molar-refractivity contribution in [2.45, 2.75) is 32.8 Å². The Morgan fingerprint density at radius 3 is 2.67 bits per heavy atom. The summed E-state index contributed by atoms with van der Waals surface area (Å²) >= 11 is 0. The molecule has 0 aliphatic carbocycles. The molecule has 0 radical (unpaired) electrons. The monoisotopic (exact) mass is 214 g/mol. The fourth-order valence-corrected chi connectivity index (χ4v) is 1.60. The van der Waals surface area contributed by atoms with Crippen LogP contribution in [0.4, 0.5) is 0 Å². The lowest BCUT2D eigenvalue weighted by molar-refractivity contribution is -0.152. The number of hydrogen-bond acceptors (Lipinski definition) is 5. The van der Waals surface area contributed by atoms with Gasteiger partial charge in [0.2, 0.25) is 0 Å². The molecule has 1 aliphatic rings. The summed E-state index contributed by atoms with van der Waals surface area (Å²) in [5, 5.41) is 0. The number of esters is 2. The van der Waals surface area contributed by atoms with E-state index in [1.165, 1.54) is 13.8 Å². The zero-order valence-electron chi connectivity index (χ0n) is 8.82. The average molecular weight is 214 g/mol. The fraction of sp³-hybridized carbons (Fsp3) is 0.700. The van der Waals surface area contributed by atoms with E-state index < -0.39 is 12.1 Å². The topological polar surface area (TPSA) is 69.7 Å². The van der Waals surface area contributed by atoms with Gasteiger partial charge in [-0.2, -0.15) is 0 Å². The van der Waals surface area contributed by atoms with E-state index in [-0.39, 0.29) is 37.1 Å². The molecule has 2 atom stereocenters. The van der Waals surface area contributed by atoms with Crippen molar-refractivity contribution in [1.82, 2.24) is 0 Å². The number of ether oxygens (including phenoxy) is 2. The summed E-state index contributed by atoms with van der Waals surface area (Å²) < 4.78 is 9.72. The SMILES string of the molecule is CC(=O)C[C@@H]1CC(=O)O[C@@H]1COC(C)=O. The van der Waals surface area contributed by atoms with Crippen molar-refractivity contribution < 1.29 is 23.9 Å². The summed E-state index contributed by atoms with van der Waals surface area (Å²) in [6.45, 7) is 2.79. The standard InChI is InChI=1S/C10H14O5/c1-6(11)3-8-4-10(13)15-9(8)5-14-7(2)12/h8-9H,3-5H2,1-2H3/t8-,9-/m1/s1. The van der Waals surface area contributed by atoms with Gasteiger partial charge in [0.25, 0.3) is 0 Å². The van der Waals surface area contributed by atoms with Crippen LogP contribution in [-0.4, -0.2) is 30.4 Å². The van der Waals surface area contributed by atoms with Crippen molar-refractivity contribution in [3.8, 4) is 0 Å². The molecule has 0 spiro atoms. The van der Waals surface area contributed by atoms with E-state index in [9.17, 15) is 14.4 Å². The molecule has 1 saturated heterocycles. The van der Waals surface area contributed by atoms with Crippen molar-refractivity contribution in [2.24, 2.45) is 5.92 Å². The maximum absolute atomic E-state index is 11.0. The normalized spacial score (nSPS) is 24.8. The number of carbonyl (C=O) groups is 3. The van der Waals surface area contributed by atoms with Gasteiger partial charge in [-0.25, -0.2) is 0 Å². The van der Waals surface area contributed by atoms with Crippen molar-refractivity contribution in [3.63, 3.8) is 0 Å². The van der Waals surface area contributed by atoms with Gasteiger partial charge in [0.1, 0.15) is 18.5 Å². The minimum atomic E-state index is -0.467. The number of ketones is 1. The molecule has 84 valence electrons. The molecule has 0 unspecified atom stereocenters. The molecule has 0 saturated carbocycles. The predicted octanol–water partition coefficient (Wildman–Crippen LogP) is 0.460.